The van der Waals surface area contributed by atoms with E-state index >= 15 is 0 Å². The minimum atomic E-state index is -0.240. The summed E-state index contributed by atoms with van der Waals surface area (Å²) in [6.45, 7) is 2.41. The molecular weight excluding hydrogens is 219 g/mol. The van der Waals surface area contributed by atoms with Crippen LogP contribution in [0.15, 0.2) is 30.3 Å². The van der Waals surface area contributed by atoms with Gasteiger partial charge in [-0.05, 0) is 24.6 Å². The number of benzene rings is 1. The van der Waals surface area contributed by atoms with Gasteiger partial charge in [-0.3, -0.25) is 0 Å². The molecule has 3 N–H and O–H groups in total. The highest BCUT2D eigenvalue weighted by Crippen LogP contribution is 2.09. The Hall–Kier alpha value is -2.17. The van der Waals surface area contributed by atoms with Gasteiger partial charge in [-0.15, -0.1) is 0 Å². The smallest absolute Gasteiger partial charge is 0.222 e. The Kier molecular flexibility index (Phi) is 3.18. The second-order valence-corrected chi connectivity index (χ2v) is 3.73. The van der Waals surface area contributed by atoms with Crippen LogP contribution in [0.2, 0.25) is 0 Å². The predicted octanol–water partition coefficient (Wildman–Crippen LogP) is 2.12. The van der Waals surface area contributed by atoms with E-state index in [0.717, 1.165) is 11.3 Å². The fourth-order valence-electron chi connectivity index (χ4n) is 1.48. The van der Waals surface area contributed by atoms with Crippen LogP contribution in [0.4, 0.5) is 16.2 Å². The lowest BCUT2D eigenvalue weighted by atomic mass is 10.2. The summed E-state index contributed by atoms with van der Waals surface area (Å²) in [5.74, 6) is 0.668. The van der Waals surface area contributed by atoms with Gasteiger partial charge in [-0.2, -0.15) is 4.98 Å². The van der Waals surface area contributed by atoms with Gasteiger partial charge in [-0.1, -0.05) is 12.1 Å². The van der Waals surface area contributed by atoms with E-state index in [4.69, 9.17) is 5.73 Å². The van der Waals surface area contributed by atoms with E-state index in [9.17, 15) is 4.39 Å². The molecule has 88 valence electrons. The number of nitrogens with one attached hydrogen (secondary N) is 1. The third-order valence-corrected chi connectivity index (χ3v) is 2.26. The van der Waals surface area contributed by atoms with Crippen molar-refractivity contribution in [1.82, 2.24) is 9.97 Å². The lowest BCUT2D eigenvalue weighted by molar-refractivity contribution is 0.627. The Labute approximate surface area is 98.7 Å². The van der Waals surface area contributed by atoms with E-state index in [1.807, 2.05) is 6.92 Å². The van der Waals surface area contributed by atoms with E-state index in [2.05, 4.69) is 15.3 Å². The number of anilines is 2. The van der Waals surface area contributed by atoms with Gasteiger partial charge in [0.15, 0.2) is 0 Å². The molecule has 1 heterocycles. The average molecular weight is 232 g/mol. The lowest BCUT2D eigenvalue weighted by Crippen LogP contribution is -2.05. The van der Waals surface area contributed by atoms with Gasteiger partial charge >= 0.3 is 0 Å². The summed E-state index contributed by atoms with van der Waals surface area (Å²) in [6, 6.07) is 8.10. The number of nitrogens with zero attached hydrogens (tertiary/aromatic N) is 2. The summed E-state index contributed by atoms with van der Waals surface area (Å²) in [5, 5.41) is 3.11. The van der Waals surface area contributed by atoms with Crippen LogP contribution < -0.4 is 11.1 Å². The zero-order valence-corrected chi connectivity index (χ0v) is 9.44. The Balaban J connectivity index is 2.04. The van der Waals surface area contributed by atoms with Gasteiger partial charge in [0, 0.05) is 18.3 Å². The lowest BCUT2D eigenvalue weighted by Gasteiger charge is -2.06. The minimum Gasteiger partial charge on any atom is -0.368 e. The second-order valence-electron chi connectivity index (χ2n) is 3.73. The molecule has 0 unspecified atom stereocenters. The van der Waals surface area contributed by atoms with Crippen molar-refractivity contribution < 1.29 is 4.39 Å². The molecule has 1 aromatic heterocycles. The molecule has 0 saturated heterocycles. The molecule has 2 rings (SSSR count). The molecule has 0 aliphatic heterocycles. The molecule has 0 atom stereocenters. The highest BCUT2D eigenvalue weighted by Gasteiger charge is 1.99. The number of aromatic nitrogens is 2. The first-order chi connectivity index (χ1) is 8.13. The van der Waals surface area contributed by atoms with Crippen LogP contribution in [-0.2, 0) is 6.54 Å². The van der Waals surface area contributed by atoms with Crippen LogP contribution in [0.25, 0.3) is 0 Å². The Morgan fingerprint density at radius 1 is 1.24 bits per heavy atom. The second kappa shape index (κ2) is 4.78. The molecule has 1 aromatic carbocycles. The maximum Gasteiger partial charge on any atom is 0.222 e. The molecule has 0 radical (unpaired) electrons. The predicted molar refractivity (Wildman–Crippen MR) is 64.9 cm³/mol. The SMILES string of the molecule is Cc1cc(NCc2ccc(F)cc2)nc(N)n1. The van der Waals surface area contributed by atoms with Gasteiger partial charge in [0.2, 0.25) is 5.95 Å². The first-order valence-corrected chi connectivity index (χ1v) is 5.23. The summed E-state index contributed by atoms with van der Waals surface area (Å²) in [4.78, 5) is 8.03. The third-order valence-electron chi connectivity index (χ3n) is 2.26. The van der Waals surface area contributed by atoms with Gasteiger partial charge in [-0.25, -0.2) is 9.37 Å². The van der Waals surface area contributed by atoms with Gasteiger partial charge in [0.25, 0.3) is 0 Å². The van der Waals surface area contributed by atoms with Crippen LogP contribution in [0, 0.1) is 12.7 Å². The first-order valence-electron chi connectivity index (χ1n) is 5.23. The monoisotopic (exact) mass is 232 g/mol. The fraction of sp³-hybridized carbons (Fsp3) is 0.167. The van der Waals surface area contributed by atoms with Gasteiger partial charge in [0.05, 0.1) is 0 Å². The van der Waals surface area contributed by atoms with E-state index in [-0.39, 0.29) is 11.8 Å². The fourth-order valence-corrected chi connectivity index (χ4v) is 1.48. The maximum absolute atomic E-state index is 12.7. The largest absolute Gasteiger partial charge is 0.368 e. The van der Waals surface area contributed by atoms with Crippen LogP contribution in [0.1, 0.15) is 11.3 Å². The standard InChI is InChI=1S/C12H13FN4/c1-8-6-11(17-12(14)16-8)15-7-9-2-4-10(13)5-3-9/h2-6H,7H2,1H3,(H3,14,15,16,17). The average Bonchev–Trinajstić information content (AvgIpc) is 2.27. The number of nitrogens with two attached hydrogens (primary N) is 1. The van der Waals surface area contributed by atoms with Crippen LogP contribution in [0.3, 0.4) is 0 Å². The van der Waals surface area contributed by atoms with Crippen molar-refractivity contribution >= 4 is 11.8 Å². The molecule has 17 heavy (non-hydrogen) atoms. The van der Waals surface area contributed by atoms with Crippen LogP contribution >= 0.6 is 0 Å². The van der Waals surface area contributed by atoms with Gasteiger partial charge in [0.1, 0.15) is 11.6 Å². The number of halogens is 1. The highest BCUT2D eigenvalue weighted by molar-refractivity contribution is 5.40. The third kappa shape index (κ3) is 3.14. The summed E-state index contributed by atoms with van der Waals surface area (Å²) in [6.07, 6.45) is 0. The zero-order chi connectivity index (χ0) is 12.3. The van der Waals surface area contributed by atoms with Crippen molar-refractivity contribution in [1.29, 1.82) is 0 Å². The molecule has 0 bridgehead atoms. The molecule has 4 nitrogen and oxygen atoms in total. The number of hydrogen-bond acceptors (Lipinski definition) is 4. The van der Waals surface area contributed by atoms with Crippen molar-refractivity contribution in [2.24, 2.45) is 0 Å². The van der Waals surface area contributed by atoms with E-state index in [1.54, 1.807) is 18.2 Å². The van der Waals surface area contributed by atoms with E-state index in [0.29, 0.717) is 12.4 Å². The number of hydrogen-bond donors (Lipinski definition) is 2. The zero-order valence-electron chi connectivity index (χ0n) is 9.44. The van der Waals surface area contributed by atoms with Crippen molar-refractivity contribution in [3.63, 3.8) is 0 Å². The molecule has 0 aliphatic carbocycles. The molecule has 0 fully saturated rings. The molecule has 2 aromatic rings. The normalized spacial score (nSPS) is 10.2. The number of aryl methyl sites for hydroxylation is 1. The van der Waals surface area contributed by atoms with E-state index in [1.165, 1.54) is 12.1 Å². The summed E-state index contributed by atoms with van der Waals surface area (Å²) in [5.41, 5.74) is 7.31. The highest BCUT2D eigenvalue weighted by atomic mass is 19.1. The minimum absolute atomic E-state index is 0.240. The number of nitrogen functional groups attached to an aromatic ring is 1. The topological polar surface area (TPSA) is 63.8 Å². The van der Waals surface area contributed by atoms with Gasteiger partial charge < -0.3 is 11.1 Å². The quantitative estimate of drug-likeness (QED) is 0.850. The summed E-state index contributed by atoms with van der Waals surface area (Å²) in [7, 11) is 0. The van der Waals surface area contributed by atoms with Crippen molar-refractivity contribution in [2.75, 3.05) is 11.1 Å². The van der Waals surface area contributed by atoms with Crippen molar-refractivity contribution in [3.8, 4) is 0 Å². The number of rotatable bonds is 3. The summed E-state index contributed by atoms with van der Waals surface area (Å²) >= 11 is 0. The maximum atomic E-state index is 12.7. The molecule has 0 spiro atoms. The van der Waals surface area contributed by atoms with E-state index < -0.39 is 0 Å². The molecule has 0 saturated carbocycles. The van der Waals surface area contributed by atoms with Crippen LogP contribution in [-0.4, -0.2) is 9.97 Å². The Morgan fingerprint density at radius 3 is 2.59 bits per heavy atom. The van der Waals surface area contributed by atoms with Crippen LogP contribution in [0.5, 0.6) is 0 Å². The molecule has 5 heteroatoms. The van der Waals surface area contributed by atoms with Crippen molar-refractivity contribution in [2.45, 2.75) is 13.5 Å². The summed E-state index contributed by atoms with van der Waals surface area (Å²) < 4.78 is 12.7. The Morgan fingerprint density at radius 2 is 1.94 bits per heavy atom. The molecular formula is C12H13FN4. The first kappa shape index (κ1) is 11.3. The molecule has 0 aliphatic rings. The molecule has 0 amide bonds. The Bertz CT molecular complexity index is 490. The van der Waals surface area contributed by atoms with Crippen molar-refractivity contribution in [3.05, 3.63) is 47.4 Å².